The van der Waals surface area contributed by atoms with Crippen LogP contribution in [0, 0.1) is 0 Å². The predicted octanol–water partition coefficient (Wildman–Crippen LogP) is 8.89. The minimum absolute atomic E-state index is 0.659. The van der Waals surface area contributed by atoms with E-state index in [1.807, 2.05) is 24.5 Å². The molecule has 4 heterocycles. The Kier molecular flexibility index (Phi) is 4.83. The summed E-state index contributed by atoms with van der Waals surface area (Å²) in [7, 11) is 0. The molecule has 0 radical (unpaired) electrons. The van der Waals surface area contributed by atoms with E-state index < -0.39 is 0 Å². The number of para-hydroxylation sites is 3. The molecule has 196 valence electrons. The fourth-order valence-electron chi connectivity index (χ4n) is 6.52. The van der Waals surface area contributed by atoms with Crippen LogP contribution in [0.1, 0.15) is 0 Å². The predicted molar refractivity (Wildman–Crippen MR) is 171 cm³/mol. The highest BCUT2D eigenvalue weighted by Crippen LogP contribution is 2.41. The van der Waals surface area contributed by atoms with Gasteiger partial charge in [-0.3, -0.25) is 4.98 Å². The zero-order valence-corrected chi connectivity index (χ0v) is 22.5. The van der Waals surface area contributed by atoms with Crippen LogP contribution in [-0.4, -0.2) is 24.1 Å². The average molecular weight is 538 g/mol. The average Bonchev–Trinajstić information content (AvgIpc) is 3.59. The lowest BCUT2D eigenvalue weighted by molar-refractivity contribution is 1.08. The van der Waals surface area contributed by atoms with Gasteiger partial charge in [0.1, 0.15) is 0 Å². The van der Waals surface area contributed by atoms with Crippen LogP contribution in [0.4, 0.5) is 0 Å². The highest BCUT2D eigenvalue weighted by atomic mass is 15.0. The van der Waals surface area contributed by atoms with Crippen LogP contribution in [0.5, 0.6) is 0 Å². The summed E-state index contributed by atoms with van der Waals surface area (Å²) in [4.78, 5) is 13.7. The first-order chi connectivity index (χ1) is 20.9. The highest BCUT2D eigenvalue weighted by Gasteiger charge is 2.20. The molecule has 0 aliphatic carbocycles. The van der Waals surface area contributed by atoms with E-state index in [9.17, 15) is 0 Å². The maximum Gasteiger partial charge on any atom is 0.160 e. The van der Waals surface area contributed by atoms with E-state index in [1.165, 1.54) is 43.4 Å². The maximum absolute atomic E-state index is 4.76. The standard InChI is InChI=1S/C37H23N5/c1-2-10-25(11-3-1)41-33-14-6-4-12-27(33)29-16-19-32-31(35(29)41)18-17-30-28-13-5-7-15-34(28)42(36(30)32)26-22-39-37(40-23-26)24-9-8-20-38-21-24/h1-23H. The second kappa shape index (κ2) is 8.85. The highest BCUT2D eigenvalue weighted by molar-refractivity contribution is 6.26. The Hall–Kier alpha value is -5.81. The van der Waals surface area contributed by atoms with Crippen molar-refractivity contribution in [3.05, 3.63) is 140 Å². The van der Waals surface area contributed by atoms with Gasteiger partial charge in [0.05, 0.1) is 40.1 Å². The van der Waals surface area contributed by atoms with Crippen LogP contribution in [-0.2, 0) is 0 Å². The molecule has 0 aliphatic rings. The molecule has 0 N–H and O–H groups in total. The molecule has 9 aromatic rings. The van der Waals surface area contributed by atoms with Gasteiger partial charge >= 0.3 is 0 Å². The molecular formula is C37H23N5. The number of nitrogens with zero attached hydrogens (tertiary/aromatic N) is 5. The number of hydrogen-bond donors (Lipinski definition) is 0. The Morgan fingerprint density at radius 2 is 0.929 bits per heavy atom. The van der Waals surface area contributed by atoms with Gasteiger partial charge in [-0.15, -0.1) is 0 Å². The third-order valence-corrected chi connectivity index (χ3v) is 8.29. The van der Waals surface area contributed by atoms with Crippen molar-refractivity contribution in [2.75, 3.05) is 0 Å². The first-order valence-corrected chi connectivity index (χ1v) is 14.0. The minimum Gasteiger partial charge on any atom is -0.309 e. The summed E-state index contributed by atoms with van der Waals surface area (Å²) < 4.78 is 4.71. The summed E-state index contributed by atoms with van der Waals surface area (Å²) in [5.74, 6) is 0.659. The molecule has 0 aliphatic heterocycles. The SMILES string of the molecule is c1ccc(-n2c3ccccc3c3ccc4c(ccc5c6ccccc6n(-c6cnc(-c7cccnc7)nc6)c54)c32)cc1. The molecule has 5 aromatic carbocycles. The molecule has 0 amide bonds. The minimum atomic E-state index is 0.659. The van der Waals surface area contributed by atoms with Gasteiger partial charge in [0.15, 0.2) is 5.82 Å². The van der Waals surface area contributed by atoms with Crippen LogP contribution in [0.15, 0.2) is 140 Å². The van der Waals surface area contributed by atoms with E-state index in [0.29, 0.717) is 5.82 Å². The van der Waals surface area contributed by atoms with E-state index in [-0.39, 0.29) is 0 Å². The summed E-state index contributed by atoms with van der Waals surface area (Å²) >= 11 is 0. The topological polar surface area (TPSA) is 48.5 Å². The van der Waals surface area contributed by atoms with Crippen LogP contribution >= 0.6 is 0 Å². The molecular weight excluding hydrogens is 514 g/mol. The fraction of sp³-hybridized carbons (Fsp3) is 0. The molecule has 0 saturated carbocycles. The molecule has 0 atom stereocenters. The molecule has 42 heavy (non-hydrogen) atoms. The van der Waals surface area contributed by atoms with E-state index >= 15 is 0 Å². The van der Waals surface area contributed by atoms with Gasteiger partial charge in [-0.05, 0) is 36.4 Å². The number of hydrogen-bond acceptors (Lipinski definition) is 3. The van der Waals surface area contributed by atoms with E-state index in [0.717, 1.165) is 28.0 Å². The number of fused-ring (bicyclic) bond motifs is 9. The Bertz CT molecular complexity index is 2440. The Morgan fingerprint density at radius 3 is 1.50 bits per heavy atom. The maximum atomic E-state index is 4.76. The summed E-state index contributed by atoms with van der Waals surface area (Å²) in [6.45, 7) is 0. The first kappa shape index (κ1) is 22.9. The Morgan fingerprint density at radius 1 is 0.405 bits per heavy atom. The smallest absolute Gasteiger partial charge is 0.160 e. The summed E-state index contributed by atoms with van der Waals surface area (Å²) in [5, 5.41) is 7.29. The van der Waals surface area contributed by atoms with Crippen molar-refractivity contribution >= 4 is 54.4 Å². The second-order valence-electron chi connectivity index (χ2n) is 10.6. The molecule has 5 nitrogen and oxygen atoms in total. The van der Waals surface area contributed by atoms with Crippen molar-refractivity contribution in [3.63, 3.8) is 0 Å². The lowest BCUT2D eigenvalue weighted by Crippen LogP contribution is -1.99. The normalized spacial score (nSPS) is 11.8. The number of aromatic nitrogens is 5. The number of rotatable bonds is 3. The molecule has 4 aromatic heterocycles. The molecule has 5 heteroatoms. The van der Waals surface area contributed by atoms with Gasteiger partial charge in [0, 0.05) is 56.0 Å². The van der Waals surface area contributed by atoms with Crippen molar-refractivity contribution < 1.29 is 0 Å². The third-order valence-electron chi connectivity index (χ3n) is 8.29. The molecule has 0 spiro atoms. The summed E-state index contributed by atoms with van der Waals surface area (Å²) in [5.41, 5.74) is 7.65. The van der Waals surface area contributed by atoms with Gasteiger partial charge in [-0.1, -0.05) is 78.9 Å². The van der Waals surface area contributed by atoms with Gasteiger partial charge in [0.2, 0.25) is 0 Å². The van der Waals surface area contributed by atoms with Crippen LogP contribution < -0.4 is 0 Å². The molecule has 9 rings (SSSR count). The molecule has 0 bridgehead atoms. The van der Waals surface area contributed by atoms with Crippen molar-refractivity contribution in [1.29, 1.82) is 0 Å². The Balaban J connectivity index is 1.40. The van der Waals surface area contributed by atoms with E-state index in [2.05, 4.69) is 117 Å². The number of pyridine rings is 1. The monoisotopic (exact) mass is 537 g/mol. The zero-order chi connectivity index (χ0) is 27.6. The van der Waals surface area contributed by atoms with E-state index in [1.54, 1.807) is 12.4 Å². The van der Waals surface area contributed by atoms with Gasteiger partial charge in [-0.25, -0.2) is 9.97 Å². The molecule has 0 unspecified atom stereocenters. The van der Waals surface area contributed by atoms with Gasteiger partial charge in [0.25, 0.3) is 0 Å². The summed E-state index contributed by atoms with van der Waals surface area (Å²) in [6.07, 6.45) is 7.38. The second-order valence-corrected chi connectivity index (χ2v) is 10.6. The van der Waals surface area contributed by atoms with Crippen molar-refractivity contribution in [3.8, 4) is 22.8 Å². The largest absolute Gasteiger partial charge is 0.309 e. The summed E-state index contributed by atoms with van der Waals surface area (Å²) in [6, 6.07) is 40.9. The zero-order valence-electron chi connectivity index (χ0n) is 22.5. The fourth-order valence-corrected chi connectivity index (χ4v) is 6.52. The first-order valence-electron chi connectivity index (χ1n) is 14.0. The van der Waals surface area contributed by atoms with Crippen LogP contribution in [0.25, 0.3) is 77.1 Å². The molecule has 0 fully saturated rings. The third kappa shape index (κ3) is 3.22. The van der Waals surface area contributed by atoms with Gasteiger partial charge in [-0.2, -0.15) is 0 Å². The van der Waals surface area contributed by atoms with Crippen molar-refractivity contribution in [2.24, 2.45) is 0 Å². The molecule has 0 saturated heterocycles. The number of benzene rings is 5. The Labute approximate surface area is 241 Å². The quantitative estimate of drug-likeness (QED) is 0.226. The van der Waals surface area contributed by atoms with Crippen LogP contribution in [0.3, 0.4) is 0 Å². The lowest BCUT2D eigenvalue weighted by Gasteiger charge is -2.12. The van der Waals surface area contributed by atoms with Crippen LogP contribution in [0.2, 0.25) is 0 Å². The lowest BCUT2D eigenvalue weighted by atomic mass is 10.0. The van der Waals surface area contributed by atoms with Gasteiger partial charge < -0.3 is 9.13 Å². The van der Waals surface area contributed by atoms with Crippen molar-refractivity contribution in [1.82, 2.24) is 24.1 Å². The van der Waals surface area contributed by atoms with E-state index in [4.69, 9.17) is 9.97 Å². The van der Waals surface area contributed by atoms with Crippen molar-refractivity contribution in [2.45, 2.75) is 0 Å².